The molecule has 102 valence electrons. The van der Waals surface area contributed by atoms with Crippen molar-refractivity contribution in [3.63, 3.8) is 0 Å². The molecule has 0 aliphatic rings. The van der Waals surface area contributed by atoms with E-state index >= 15 is 0 Å². The van der Waals surface area contributed by atoms with E-state index < -0.39 is 0 Å². The number of nitrogens with zero attached hydrogens (tertiary/aromatic N) is 1. The Morgan fingerprint density at radius 1 is 1.33 bits per heavy atom. The molecule has 0 aliphatic heterocycles. The van der Waals surface area contributed by atoms with Crippen LogP contribution in [0.4, 0.5) is 0 Å². The molecule has 1 rings (SSSR count). The van der Waals surface area contributed by atoms with E-state index in [1.165, 1.54) is 0 Å². The molecule has 0 unspecified atom stereocenters. The van der Waals surface area contributed by atoms with Crippen molar-refractivity contribution in [3.05, 3.63) is 23.5 Å². The molecule has 18 heavy (non-hydrogen) atoms. The van der Waals surface area contributed by atoms with Gasteiger partial charge in [-0.1, -0.05) is 13.8 Å². The topological polar surface area (TPSA) is 34.2 Å². The Kier molecular flexibility index (Phi) is 5.60. The Morgan fingerprint density at radius 3 is 2.67 bits per heavy atom. The first kappa shape index (κ1) is 15.0. The maximum Gasteiger partial charge on any atom is 0.127 e. The molecular weight excluding hydrogens is 224 g/mol. The van der Waals surface area contributed by atoms with Crippen molar-refractivity contribution >= 4 is 0 Å². The van der Waals surface area contributed by atoms with Gasteiger partial charge in [0.15, 0.2) is 0 Å². The molecule has 3 heteroatoms. The molecule has 0 spiro atoms. The first-order valence-corrected chi connectivity index (χ1v) is 6.83. The molecule has 0 saturated heterocycles. The van der Waals surface area contributed by atoms with E-state index in [0.29, 0.717) is 0 Å². The van der Waals surface area contributed by atoms with Crippen molar-refractivity contribution in [2.24, 2.45) is 0 Å². The summed E-state index contributed by atoms with van der Waals surface area (Å²) in [7, 11) is 0. The number of aryl methyl sites for hydroxylation is 1. The molecule has 0 radical (unpaired) electrons. The summed E-state index contributed by atoms with van der Waals surface area (Å²) in [4.78, 5) is 4.35. The smallest absolute Gasteiger partial charge is 0.127 e. The molecule has 0 aliphatic carbocycles. The highest BCUT2D eigenvalue weighted by Crippen LogP contribution is 2.25. The number of hydrogen-bond donors (Lipinski definition) is 1. The van der Waals surface area contributed by atoms with Crippen LogP contribution in [-0.2, 0) is 6.54 Å². The second-order valence-corrected chi connectivity index (χ2v) is 5.33. The summed E-state index contributed by atoms with van der Waals surface area (Å²) in [6.45, 7) is 12.4. The Labute approximate surface area is 111 Å². The third kappa shape index (κ3) is 4.65. The van der Waals surface area contributed by atoms with Crippen LogP contribution in [0.3, 0.4) is 0 Å². The van der Waals surface area contributed by atoms with Gasteiger partial charge in [-0.15, -0.1) is 0 Å². The van der Waals surface area contributed by atoms with Crippen LogP contribution in [-0.4, -0.2) is 17.1 Å². The highest BCUT2D eigenvalue weighted by Gasteiger charge is 2.18. The molecule has 0 fully saturated rings. The predicted molar refractivity (Wildman–Crippen MR) is 76.0 cm³/mol. The van der Waals surface area contributed by atoms with E-state index in [4.69, 9.17) is 4.74 Å². The van der Waals surface area contributed by atoms with Crippen LogP contribution in [0.1, 0.15) is 51.8 Å². The minimum absolute atomic E-state index is 0.132. The van der Waals surface area contributed by atoms with Gasteiger partial charge in [-0.05, 0) is 40.2 Å². The molecule has 0 saturated carbocycles. The summed E-state index contributed by atoms with van der Waals surface area (Å²) in [5.74, 6) is 0.956. The van der Waals surface area contributed by atoms with Crippen molar-refractivity contribution in [2.45, 2.75) is 59.6 Å². The molecule has 1 heterocycles. The van der Waals surface area contributed by atoms with Gasteiger partial charge >= 0.3 is 0 Å². The maximum atomic E-state index is 6.11. The summed E-state index contributed by atoms with van der Waals surface area (Å²) < 4.78 is 6.11. The SMILES string of the molecule is CCCNCc1cnc(C)cc1OC(C)(C)CC. The first-order chi connectivity index (χ1) is 8.48. The second-order valence-electron chi connectivity index (χ2n) is 5.33. The zero-order valence-corrected chi connectivity index (χ0v) is 12.3. The van der Waals surface area contributed by atoms with Crippen LogP contribution in [0, 0.1) is 6.92 Å². The van der Waals surface area contributed by atoms with Crippen LogP contribution in [0.25, 0.3) is 0 Å². The fourth-order valence-electron chi connectivity index (χ4n) is 1.56. The van der Waals surface area contributed by atoms with Crippen molar-refractivity contribution in [1.29, 1.82) is 0 Å². The number of pyridine rings is 1. The van der Waals surface area contributed by atoms with Crippen LogP contribution < -0.4 is 10.1 Å². The lowest BCUT2D eigenvalue weighted by atomic mass is 10.1. The molecule has 3 nitrogen and oxygen atoms in total. The number of nitrogens with one attached hydrogen (secondary N) is 1. The standard InChI is InChI=1S/C15H26N2O/c1-6-8-16-10-13-11-17-12(3)9-14(13)18-15(4,5)7-2/h9,11,16H,6-8,10H2,1-5H3. The van der Waals surface area contributed by atoms with Crippen molar-refractivity contribution in [3.8, 4) is 5.75 Å². The van der Waals surface area contributed by atoms with Gasteiger partial charge in [0.25, 0.3) is 0 Å². The Morgan fingerprint density at radius 2 is 2.06 bits per heavy atom. The quantitative estimate of drug-likeness (QED) is 0.753. The van der Waals surface area contributed by atoms with Crippen LogP contribution >= 0.6 is 0 Å². The highest BCUT2D eigenvalue weighted by molar-refractivity contribution is 5.33. The Balaban J connectivity index is 2.83. The lowest BCUT2D eigenvalue weighted by molar-refractivity contribution is 0.103. The van der Waals surface area contributed by atoms with Gasteiger partial charge < -0.3 is 10.1 Å². The van der Waals surface area contributed by atoms with Gasteiger partial charge in [0, 0.05) is 30.1 Å². The first-order valence-electron chi connectivity index (χ1n) is 6.83. The largest absolute Gasteiger partial charge is 0.487 e. The van der Waals surface area contributed by atoms with E-state index in [1.54, 1.807) is 0 Å². The van der Waals surface area contributed by atoms with Crippen LogP contribution in [0.5, 0.6) is 5.75 Å². The lowest BCUT2D eigenvalue weighted by Gasteiger charge is -2.26. The number of rotatable bonds is 7. The van der Waals surface area contributed by atoms with Crippen LogP contribution in [0.15, 0.2) is 12.3 Å². The van der Waals surface area contributed by atoms with Gasteiger partial charge in [-0.3, -0.25) is 4.98 Å². The molecule has 1 N–H and O–H groups in total. The number of aromatic nitrogens is 1. The summed E-state index contributed by atoms with van der Waals surface area (Å²) in [6.07, 6.45) is 4.03. The Bertz CT molecular complexity index is 375. The number of hydrogen-bond acceptors (Lipinski definition) is 3. The zero-order valence-electron chi connectivity index (χ0n) is 12.3. The molecule has 1 aromatic heterocycles. The second kappa shape index (κ2) is 6.74. The van der Waals surface area contributed by atoms with Crippen LogP contribution in [0.2, 0.25) is 0 Å². The van der Waals surface area contributed by atoms with Gasteiger partial charge in [-0.25, -0.2) is 0 Å². The van der Waals surface area contributed by atoms with E-state index in [-0.39, 0.29) is 5.60 Å². The third-order valence-electron chi connectivity index (χ3n) is 3.06. The normalized spacial score (nSPS) is 11.6. The lowest BCUT2D eigenvalue weighted by Crippen LogP contribution is -2.28. The monoisotopic (exact) mass is 250 g/mol. The average molecular weight is 250 g/mol. The zero-order chi connectivity index (χ0) is 13.6. The summed E-state index contributed by atoms with van der Waals surface area (Å²) in [5, 5.41) is 3.39. The third-order valence-corrected chi connectivity index (χ3v) is 3.06. The van der Waals surface area contributed by atoms with Gasteiger partial charge in [0.2, 0.25) is 0 Å². The summed E-state index contributed by atoms with van der Waals surface area (Å²) >= 11 is 0. The fourth-order valence-corrected chi connectivity index (χ4v) is 1.56. The van der Waals surface area contributed by atoms with E-state index in [9.17, 15) is 0 Å². The molecule has 0 amide bonds. The summed E-state index contributed by atoms with van der Waals surface area (Å²) in [6, 6.07) is 2.03. The van der Waals surface area contributed by atoms with E-state index in [0.717, 1.165) is 42.9 Å². The Hall–Kier alpha value is -1.09. The molecule has 1 aromatic rings. The molecule has 0 bridgehead atoms. The minimum Gasteiger partial charge on any atom is -0.487 e. The molecular formula is C15H26N2O. The fraction of sp³-hybridized carbons (Fsp3) is 0.667. The summed E-state index contributed by atoms with van der Waals surface area (Å²) in [5.41, 5.74) is 2.00. The number of ether oxygens (including phenoxy) is 1. The molecule has 0 atom stereocenters. The molecule has 0 aromatic carbocycles. The minimum atomic E-state index is -0.132. The van der Waals surface area contributed by atoms with E-state index in [2.05, 4.69) is 38.0 Å². The maximum absolute atomic E-state index is 6.11. The predicted octanol–water partition coefficient (Wildman–Crippen LogP) is 3.46. The van der Waals surface area contributed by atoms with Gasteiger partial charge in [-0.2, -0.15) is 0 Å². The van der Waals surface area contributed by atoms with Crippen molar-refractivity contribution < 1.29 is 4.74 Å². The van der Waals surface area contributed by atoms with Gasteiger partial charge in [0.05, 0.1) is 0 Å². The highest BCUT2D eigenvalue weighted by atomic mass is 16.5. The van der Waals surface area contributed by atoms with Crippen molar-refractivity contribution in [2.75, 3.05) is 6.54 Å². The van der Waals surface area contributed by atoms with E-state index in [1.807, 2.05) is 19.2 Å². The average Bonchev–Trinajstić information content (AvgIpc) is 2.32. The van der Waals surface area contributed by atoms with Gasteiger partial charge in [0.1, 0.15) is 11.4 Å². The van der Waals surface area contributed by atoms with Crippen molar-refractivity contribution in [1.82, 2.24) is 10.3 Å².